The van der Waals surface area contributed by atoms with Crippen LogP contribution < -0.4 is 4.74 Å². The lowest BCUT2D eigenvalue weighted by Crippen LogP contribution is -2.03. The monoisotopic (exact) mass is 360 g/mol. The largest absolute Gasteiger partial charge is 0.439 e. The third kappa shape index (κ3) is 5.79. The third-order valence-corrected chi connectivity index (χ3v) is 4.16. The highest BCUT2D eigenvalue weighted by Gasteiger charge is 2.05. The summed E-state index contributed by atoms with van der Waals surface area (Å²) < 4.78 is 27.7. The summed E-state index contributed by atoms with van der Waals surface area (Å²) in [6.45, 7) is 0. The van der Waals surface area contributed by atoms with Gasteiger partial charge in [0.15, 0.2) is 0 Å². The molecule has 0 atom stereocenters. The van der Waals surface area contributed by atoms with Crippen LogP contribution in [0.5, 0.6) is 11.6 Å². The fourth-order valence-corrected chi connectivity index (χ4v) is 2.87. The molecule has 0 aliphatic heterocycles. The van der Waals surface area contributed by atoms with E-state index in [0.717, 1.165) is 5.56 Å². The van der Waals surface area contributed by atoms with Gasteiger partial charge in [0, 0.05) is 12.3 Å². The molecule has 0 aliphatic rings. The van der Waals surface area contributed by atoms with Gasteiger partial charge < -0.3 is 4.74 Å². The molecular weight excluding hydrogens is 347 g/mol. The van der Waals surface area contributed by atoms with Crippen molar-refractivity contribution in [2.45, 2.75) is 12.8 Å². The highest BCUT2D eigenvalue weighted by atomic mass is 35.5. The van der Waals surface area contributed by atoms with E-state index in [1.165, 1.54) is 12.3 Å². The highest BCUT2D eigenvalue weighted by molar-refractivity contribution is 7.90. The van der Waals surface area contributed by atoms with Crippen molar-refractivity contribution in [3.05, 3.63) is 46.3 Å². The first kappa shape index (κ1) is 17.0. The van der Waals surface area contributed by atoms with Gasteiger partial charge in [-0.05, 0) is 42.1 Å². The summed E-state index contributed by atoms with van der Waals surface area (Å²) in [5, 5.41) is 0.215. The zero-order valence-electron chi connectivity index (χ0n) is 11.8. The summed E-state index contributed by atoms with van der Waals surface area (Å²) in [7, 11) is -2.92. The van der Waals surface area contributed by atoms with Gasteiger partial charge in [0.2, 0.25) is 11.2 Å². The number of aromatic nitrogens is 2. The summed E-state index contributed by atoms with van der Waals surface area (Å²) in [6, 6.07) is 8.77. The van der Waals surface area contributed by atoms with Crippen molar-refractivity contribution in [2.24, 2.45) is 0 Å². The van der Waals surface area contributed by atoms with Gasteiger partial charge >= 0.3 is 0 Å². The topological polar surface area (TPSA) is 69.2 Å². The molecule has 118 valence electrons. The van der Waals surface area contributed by atoms with Crippen LogP contribution in [-0.2, 0) is 16.3 Å². The predicted octanol–water partition coefficient (Wildman–Crippen LogP) is 3.55. The molecule has 0 bridgehead atoms. The van der Waals surface area contributed by atoms with Crippen molar-refractivity contribution in [3.63, 3.8) is 0 Å². The highest BCUT2D eigenvalue weighted by Crippen LogP contribution is 2.23. The van der Waals surface area contributed by atoms with Gasteiger partial charge in [-0.1, -0.05) is 23.7 Å². The van der Waals surface area contributed by atoms with Crippen molar-refractivity contribution in [3.8, 4) is 11.6 Å². The van der Waals surface area contributed by atoms with Gasteiger partial charge in [-0.25, -0.2) is 13.4 Å². The van der Waals surface area contributed by atoms with Crippen LogP contribution in [0.4, 0.5) is 0 Å². The van der Waals surface area contributed by atoms with Gasteiger partial charge in [-0.2, -0.15) is 4.98 Å². The number of aryl methyl sites for hydroxylation is 1. The predicted molar refractivity (Wildman–Crippen MR) is 86.6 cm³/mol. The van der Waals surface area contributed by atoms with E-state index < -0.39 is 9.84 Å². The average molecular weight is 361 g/mol. The molecule has 1 heterocycles. The zero-order chi connectivity index (χ0) is 16.2. The van der Waals surface area contributed by atoms with Crippen molar-refractivity contribution in [1.82, 2.24) is 9.97 Å². The average Bonchev–Trinajstić information content (AvgIpc) is 2.38. The van der Waals surface area contributed by atoms with Crippen molar-refractivity contribution >= 4 is 33.0 Å². The smallest absolute Gasteiger partial charge is 0.227 e. The van der Waals surface area contributed by atoms with E-state index in [1.54, 1.807) is 12.1 Å². The third-order valence-electron chi connectivity index (χ3n) is 2.77. The standard InChI is InChI=1S/C14H14Cl2N2O3S/c1-22(19,20)8-2-3-10-4-6-11(7-5-10)21-13-9-12(15)17-14(16)18-13/h4-7,9H,2-3,8H2,1H3. The van der Waals surface area contributed by atoms with Gasteiger partial charge in [-0.15, -0.1) is 0 Å². The quantitative estimate of drug-likeness (QED) is 0.581. The molecule has 1 aromatic heterocycles. The summed E-state index contributed by atoms with van der Waals surface area (Å²) in [6.07, 6.45) is 2.52. The lowest BCUT2D eigenvalue weighted by Gasteiger charge is -2.06. The second kappa shape index (κ2) is 7.26. The second-order valence-electron chi connectivity index (χ2n) is 4.78. The molecule has 2 rings (SSSR count). The lowest BCUT2D eigenvalue weighted by molar-refractivity contribution is 0.461. The van der Waals surface area contributed by atoms with Crippen LogP contribution in [0.1, 0.15) is 12.0 Å². The molecule has 0 saturated carbocycles. The minimum absolute atomic E-state index is 0.0138. The molecule has 0 saturated heterocycles. The van der Waals surface area contributed by atoms with Crippen LogP contribution in [0.3, 0.4) is 0 Å². The van der Waals surface area contributed by atoms with Crippen LogP contribution in [0, 0.1) is 0 Å². The molecule has 0 spiro atoms. The van der Waals surface area contributed by atoms with E-state index in [9.17, 15) is 8.42 Å². The first-order chi connectivity index (χ1) is 10.3. The lowest BCUT2D eigenvalue weighted by atomic mass is 10.1. The summed E-state index contributed by atoms with van der Waals surface area (Å²) in [5.41, 5.74) is 1.04. The maximum Gasteiger partial charge on any atom is 0.227 e. The first-order valence-corrected chi connectivity index (χ1v) is 9.28. The van der Waals surface area contributed by atoms with Crippen LogP contribution >= 0.6 is 23.2 Å². The van der Waals surface area contributed by atoms with Crippen LogP contribution in [0.25, 0.3) is 0 Å². The number of rotatable bonds is 6. The van der Waals surface area contributed by atoms with E-state index in [2.05, 4.69) is 9.97 Å². The van der Waals surface area contributed by atoms with Gasteiger partial charge in [0.25, 0.3) is 0 Å². The minimum atomic E-state index is -2.92. The number of nitrogens with zero attached hydrogens (tertiary/aromatic N) is 2. The first-order valence-electron chi connectivity index (χ1n) is 6.46. The Kier molecular flexibility index (Phi) is 5.61. The van der Waals surface area contributed by atoms with Gasteiger partial charge in [0.05, 0.1) is 5.75 Å². The fraction of sp³-hybridized carbons (Fsp3) is 0.286. The fourth-order valence-electron chi connectivity index (χ4n) is 1.81. The van der Waals surface area contributed by atoms with Gasteiger partial charge in [0.1, 0.15) is 20.7 Å². The molecule has 2 aromatic rings. The van der Waals surface area contributed by atoms with Crippen LogP contribution in [-0.4, -0.2) is 30.4 Å². The Bertz CT molecular complexity index is 729. The van der Waals surface area contributed by atoms with Gasteiger partial charge in [-0.3, -0.25) is 0 Å². The molecule has 0 amide bonds. The summed E-state index contributed by atoms with van der Waals surface area (Å²) >= 11 is 11.5. The SMILES string of the molecule is CS(=O)(=O)CCCc1ccc(Oc2cc(Cl)nc(Cl)n2)cc1. The van der Waals surface area contributed by atoms with Crippen molar-refractivity contribution in [2.75, 3.05) is 12.0 Å². The maximum absolute atomic E-state index is 11.1. The Morgan fingerprint density at radius 2 is 1.82 bits per heavy atom. The Morgan fingerprint density at radius 1 is 1.14 bits per heavy atom. The number of hydrogen-bond donors (Lipinski definition) is 0. The number of benzene rings is 1. The normalized spacial score (nSPS) is 11.4. The molecule has 0 unspecified atom stereocenters. The summed E-state index contributed by atoms with van der Waals surface area (Å²) in [4.78, 5) is 7.64. The van der Waals surface area contributed by atoms with Crippen LogP contribution in [0.2, 0.25) is 10.4 Å². The van der Waals surface area contributed by atoms with E-state index in [4.69, 9.17) is 27.9 Å². The number of hydrogen-bond acceptors (Lipinski definition) is 5. The Hall–Kier alpha value is -1.37. The van der Waals surface area contributed by atoms with E-state index >= 15 is 0 Å². The number of halogens is 2. The molecule has 0 N–H and O–H groups in total. The molecule has 8 heteroatoms. The second-order valence-corrected chi connectivity index (χ2v) is 7.76. The molecule has 1 aromatic carbocycles. The Balaban J connectivity index is 1.97. The summed E-state index contributed by atoms with van der Waals surface area (Å²) in [5.74, 6) is 1.02. The zero-order valence-corrected chi connectivity index (χ0v) is 14.1. The number of sulfone groups is 1. The Labute approximate surface area is 139 Å². The molecule has 0 radical (unpaired) electrons. The minimum Gasteiger partial charge on any atom is -0.439 e. The van der Waals surface area contributed by atoms with E-state index in [0.29, 0.717) is 18.6 Å². The molecule has 0 fully saturated rings. The molecule has 22 heavy (non-hydrogen) atoms. The van der Waals surface area contributed by atoms with Crippen molar-refractivity contribution < 1.29 is 13.2 Å². The van der Waals surface area contributed by atoms with E-state index in [1.807, 2.05) is 12.1 Å². The molecule has 5 nitrogen and oxygen atoms in total. The Morgan fingerprint density at radius 3 is 2.41 bits per heavy atom. The van der Waals surface area contributed by atoms with E-state index in [-0.39, 0.29) is 22.1 Å². The molecule has 0 aliphatic carbocycles. The van der Waals surface area contributed by atoms with Crippen molar-refractivity contribution in [1.29, 1.82) is 0 Å². The maximum atomic E-state index is 11.1. The number of ether oxygens (including phenoxy) is 1. The van der Waals surface area contributed by atoms with Crippen LogP contribution in [0.15, 0.2) is 30.3 Å². The molecular formula is C14H14Cl2N2O3S.